The maximum Gasteiger partial charge on any atom is 0.227 e. The molecule has 2 fully saturated rings. The summed E-state index contributed by atoms with van der Waals surface area (Å²) in [6.45, 7) is 4.07. The van der Waals surface area contributed by atoms with Crippen molar-refractivity contribution in [1.29, 1.82) is 0 Å². The fourth-order valence-electron chi connectivity index (χ4n) is 2.93. The average Bonchev–Trinajstić information content (AvgIpc) is 3.25. The van der Waals surface area contributed by atoms with Crippen LogP contribution in [0.25, 0.3) is 0 Å². The summed E-state index contributed by atoms with van der Waals surface area (Å²) in [5.74, 6) is 1.78. The number of nitrogens with one attached hydrogen (secondary N) is 1. The highest BCUT2D eigenvalue weighted by molar-refractivity contribution is 5.46. The number of aliphatic hydroxyl groups is 1. The third kappa shape index (κ3) is 3.31. The lowest BCUT2D eigenvalue weighted by atomic mass is 10.0. The summed E-state index contributed by atoms with van der Waals surface area (Å²) in [7, 11) is 0. The van der Waals surface area contributed by atoms with Crippen LogP contribution in [0.2, 0.25) is 0 Å². The Morgan fingerprint density at radius 3 is 2.96 bits per heavy atom. The smallest absolute Gasteiger partial charge is 0.227 e. The van der Waals surface area contributed by atoms with Gasteiger partial charge in [-0.2, -0.15) is 4.98 Å². The minimum Gasteiger partial charge on any atom is -0.389 e. The van der Waals surface area contributed by atoms with Crippen molar-refractivity contribution in [3.05, 3.63) is 24.2 Å². The number of hydrogen-bond acceptors (Lipinski definition) is 8. The van der Waals surface area contributed by atoms with E-state index >= 15 is 0 Å². The van der Waals surface area contributed by atoms with Gasteiger partial charge < -0.3 is 20.1 Å². The maximum atomic E-state index is 9.53. The standard InChI is InChI=1S/C15H21N7O2/c23-12-8-21(9-12)15-18-13(11-1-6-24-10-11)7-14(19-15)16-2-4-22-5-3-17-20-22/h3,5,7,11-12,23H,1-2,4,6,8-10H2,(H,16,18,19)/t11-/m0/s1. The van der Waals surface area contributed by atoms with Gasteiger partial charge in [0.2, 0.25) is 5.95 Å². The van der Waals surface area contributed by atoms with Gasteiger partial charge in [-0.15, -0.1) is 5.10 Å². The molecule has 0 saturated carbocycles. The maximum absolute atomic E-state index is 9.53. The van der Waals surface area contributed by atoms with E-state index in [1.807, 2.05) is 17.2 Å². The number of nitrogens with zero attached hydrogens (tertiary/aromatic N) is 6. The van der Waals surface area contributed by atoms with Crippen LogP contribution >= 0.6 is 0 Å². The van der Waals surface area contributed by atoms with E-state index in [0.717, 1.165) is 24.5 Å². The quantitative estimate of drug-likeness (QED) is 0.754. The highest BCUT2D eigenvalue weighted by Gasteiger charge is 2.28. The van der Waals surface area contributed by atoms with E-state index in [1.165, 1.54) is 0 Å². The molecule has 2 aromatic heterocycles. The van der Waals surface area contributed by atoms with Crippen LogP contribution in [0, 0.1) is 0 Å². The molecular formula is C15H21N7O2. The van der Waals surface area contributed by atoms with Crippen molar-refractivity contribution in [2.24, 2.45) is 0 Å². The lowest BCUT2D eigenvalue weighted by Gasteiger charge is -2.36. The second kappa shape index (κ2) is 6.70. The van der Waals surface area contributed by atoms with Crippen LogP contribution in [0.5, 0.6) is 0 Å². The van der Waals surface area contributed by atoms with E-state index in [1.54, 1.807) is 10.9 Å². The van der Waals surface area contributed by atoms with Crippen molar-refractivity contribution >= 4 is 11.8 Å². The van der Waals surface area contributed by atoms with Crippen molar-refractivity contribution in [3.63, 3.8) is 0 Å². The van der Waals surface area contributed by atoms with Crippen LogP contribution in [0.4, 0.5) is 11.8 Å². The van der Waals surface area contributed by atoms with E-state index in [4.69, 9.17) is 4.74 Å². The molecule has 2 aliphatic rings. The van der Waals surface area contributed by atoms with Crippen molar-refractivity contribution in [2.45, 2.75) is 25.0 Å². The van der Waals surface area contributed by atoms with Gasteiger partial charge in [0.15, 0.2) is 0 Å². The zero-order valence-corrected chi connectivity index (χ0v) is 13.4. The van der Waals surface area contributed by atoms with Crippen LogP contribution in [-0.4, -0.2) is 69.0 Å². The zero-order valence-electron chi connectivity index (χ0n) is 13.4. The Morgan fingerprint density at radius 2 is 2.25 bits per heavy atom. The average molecular weight is 331 g/mol. The van der Waals surface area contributed by atoms with Gasteiger partial charge in [-0.1, -0.05) is 5.21 Å². The lowest BCUT2D eigenvalue weighted by molar-refractivity contribution is 0.140. The number of aliphatic hydroxyl groups excluding tert-OH is 1. The van der Waals surface area contributed by atoms with E-state index < -0.39 is 0 Å². The Balaban J connectivity index is 1.48. The number of hydrogen-bond donors (Lipinski definition) is 2. The number of ether oxygens (including phenoxy) is 1. The summed E-state index contributed by atoms with van der Waals surface area (Å²) >= 11 is 0. The molecule has 0 aliphatic carbocycles. The Kier molecular flexibility index (Phi) is 4.26. The highest BCUT2D eigenvalue weighted by atomic mass is 16.5. The molecule has 128 valence electrons. The second-order valence-corrected chi connectivity index (χ2v) is 6.19. The summed E-state index contributed by atoms with van der Waals surface area (Å²) < 4.78 is 7.26. The van der Waals surface area contributed by atoms with Gasteiger partial charge in [0, 0.05) is 44.4 Å². The molecule has 9 heteroatoms. The number of β-amino-alcohol motifs (C(OH)–C–C–N with tert-alkyl or cyclic N) is 1. The van der Waals surface area contributed by atoms with Crippen LogP contribution in [0.1, 0.15) is 18.0 Å². The Bertz CT molecular complexity index is 666. The molecule has 2 N–H and O–H groups in total. The van der Waals surface area contributed by atoms with Crippen LogP contribution < -0.4 is 10.2 Å². The number of aromatic nitrogens is 5. The summed E-state index contributed by atoms with van der Waals surface area (Å²) in [6, 6.07) is 2.00. The van der Waals surface area contributed by atoms with Crippen molar-refractivity contribution in [2.75, 3.05) is 43.1 Å². The van der Waals surface area contributed by atoms with E-state index in [9.17, 15) is 5.11 Å². The first kappa shape index (κ1) is 15.3. The van der Waals surface area contributed by atoms with Gasteiger partial charge in [0.25, 0.3) is 0 Å². The summed E-state index contributed by atoms with van der Waals surface area (Å²) in [4.78, 5) is 11.3. The normalized spacial score (nSPS) is 21.0. The third-order valence-electron chi connectivity index (χ3n) is 4.35. The molecule has 24 heavy (non-hydrogen) atoms. The summed E-state index contributed by atoms with van der Waals surface area (Å²) in [5, 5.41) is 20.6. The van der Waals surface area contributed by atoms with E-state index in [0.29, 0.717) is 44.7 Å². The van der Waals surface area contributed by atoms with Gasteiger partial charge in [-0.3, -0.25) is 4.68 Å². The van der Waals surface area contributed by atoms with Crippen LogP contribution in [-0.2, 0) is 11.3 Å². The first-order valence-electron chi connectivity index (χ1n) is 8.25. The third-order valence-corrected chi connectivity index (χ3v) is 4.35. The van der Waals surface area contributed by atoms with Crippen molar-refractivity contribution in [3.8, 4) is 0 Å². The zero-order chi connectivity index (χ0) is 16.4. The topological polar surface area (TPSA) is 101 Å². The largest absolute Gasteiger partial charge is 0.389 e. The van der Waals surface area contributed by atoms with Gasteiger partial charge in [0.05, 0.1) is 31.1 Å². The first-order chi connectivity index (χ1) is 11.8. The fraction of sp³-hybridized carbons (Fsp3) is 0.600. The number of anilines is 2. The fourth-order valence-corrected chi connectivity index (χ4v) is 2.93. The van der Waals surface area contributed by atoms with Gasteiger partial charge in [-0.25, -0.2) is 4.98 Å². The molecule has 0 amide bonds. The number of rotatable bonds is 6. The molecule has 0 spiro atoms. The van der Waals surface area contributed by atoms with Gasteiger partial charge in [0.1, 0.15) is 5.82 Å². The van der Waals surface area contributed by atoms with Crippen LogP contribution in [0.15, 0.2) is 18.5 Å². The molecule has 2 saturated heterocycles. The van der Waals surface area contributed by atoms with E-state index in [-0.39, 0.29) is 6.10 Å². The van der Waals surface area contributed by atoms with Crippen LogP contribution in [0.3, 0.4) is 0 Å². The van der Waals surface area contributed by atoms with Gasteiger partial charge in [-0.05, 0) is 6.42 Å². The molecule has 0 unspecified atom stereocenters. The molecular weight excluding hydrogens is 310 g/mol. The molecule has 2 aliphatic heterocycles. The predicted octanol–water partition coefficient (Wildman–Crippen LogP) is -0.135. The summed E-state index contributed by atoms with van der Waals surface area (Å²) in [5.41, 5.74) is 1.00. The van der Waals surface area contributed by atoms with Gasteiger partial charge >= 0.3 is 0 Å². The summed E-state index contributed by atoms with van der Waals surface area (Å²) in [6.07, 6.45) is 4.19. The Labute approximate surface area is 139 Å². The molecule has 1 atom stereocenters. The predicted molar refractivity (Wildman–Crippen MR) is 86.9 cm³/mol. The minimum atomic E-state index is -0.282. The lowest BCUT2D eigenvalue weighted by Crippen LogP contribution is -2.51. The highest BCUT2D eigenvalue weighted by Crippen LogP contribution is 2.28. The van der Waals surface area contributed by atoms with Crippen molar-refractivity contribution < 1.29 is 9.84 Å². The monoisotopic (exact) mass is 331 g/mol. The second-order valence-electron chi connectivity index (χ2n) is 6.19. The molecule has 4 rings (SSSR count). The minimum absolute atomic E-state index is 0.282. The molecule has 9 nitrogen and oxygen atoms in total. The molecule has 2 aromatic rings. The molecule has 4 heterocycles. The Hall–Kier alpha value is -2.26. The molecule has 0 radical (unpaired) electrons. The molecule has 0 aromatic carbocycles. The van der Waals surface area contributed by atoms with Crippen molar-refractivity contribution in [1.82, 2.24) is 25.0 Å². The molecule has 0 bridgehead atoms. The SMILES string of the molecule is OC1CN(c2nc(NCCn3ccnn3)cc([C@H]3CCOC3)n2)C1. The first-order valence-corrected chi connectivity index (χ1v) is 8.25. The Morgan fingerprint density at radius 1 is 1.33 bits per heavy atom. The van der Waals surface area contributed by atoms with E-state index in [2.05, 4.69) is 25.6 Å².